The van der Waals surface area contributed by atoms with Crippen molar-refractivity contribution in [1.82, 2.24) is 0 Å². The zero-order chi connectivity index (χ0) is 20.8. The van der Waals surface area contributed by atoms with Crippen LogP contribution in [0.2, 0.25) is 10.0 Å². The molecule has 4 nitrogen and oxygen atoms in total. The van der Waals surface area contributed by atoms with Gasteiger partial charge in [-0.2, -0.15) is 0 Å². The molecular formula is C21H13Cl2NO3S2. The number of hydrogen-bond donors (Lipinski definition) is 1. The fraction of sp³-hybridized carbons (Fsp3) is 0. The Balaban J connectivity index is 2.08. The second-order valence-electron chi connectivity index (χ2n) is 6.33. The van der Waals surface area contributed by atoms with E-state index in [1.807, 2.05) is 12.1 Å². The molecule has 0 aliphatic carbocycles. The van der Waals surface area contributed by atoms with Gasteiger partial charge >= 0.3 is 0 Å². The lowest BCUT2D eigenvalue weighted by Gasteiger charge is -2.13. The first kappa shape index (κ1) is 20.1. The monoisotopic (exact) mass is 461 g/mol. The van der Waals surface area contributed by atoms with E-state index in [9.17, 15) is 13.2 Å². The number of nitrogens with two attached hydrogens (primary N) is 1. The molecule has 0 atom stereocenters. The molecule has 4 aromatic rings. The third kappa shape index (κ3) is 3.82. The fourth-order valence-corrected chi connectivity index (χ4v) is 5.17. The molecule has 2 N–H and O–H groups in total. The van der Waals surface area contributed by atoms with Gasteiger partial charge < -0.3 is 0 Å². The second kappa shape index (κ2) is 7.55. The lowest BCUT2D eigenvalue weighted by molar-refractivity contribution is 0.598. The molecule has 0 amide bonds. The van der Waals surface area contributed by atoms with E-state index in [4.69, 9.17) is 28.3 Å². The number of primary sulfonamides is 1. The fourth-order valence-electron chi connectivity index (χ4n) is 3.07. The van der Waals surface area contributed by atoms with Crippen molar-refractivity contribution in [3.05, 3.63) is 87.0 Å². The summed E-state index contributed by atoms with van der Waals surface area (Å²) in [6.07, 6.45) is 0. The minimum atomic E-state index is -3.82. The molecule has 0 fully saturated rings. The summed E-state index contributed by atoms with van der Waals surface area (Å²) < 4.78 is 24.0. The smallest absolute Gasteiger partial charge is 0.238 e. The van der Waals surface area contributed by atoms with Gasteiger partial charge in [0.25, 0.3) is 0 Å². The van der Waals surface area contributed by atoms with E-state index < -0.39 is 10.0 Å². The first-order valence-electron chi connectivity index (χ1n) is 8.40. The Labute approximate surface area is 181 Å². The molecule has 3 aromatic carbocycles. The van der Waals surface area contributed by atoms with Crippen molar-refractivity contribution in [2.24, 2.45) is 5.14 Å². The third-order valence-electron chi connectivity index (χ3n) is 4.44. The average Bonchev–Trinajstić information content (AvgIpc) is 2.69. The van der Waals surface area contributed by atoms with Gasteiger partial charge in [-0.25, -0.2) is 13.6 Å². The highest BCUT2D eigenvalue weighted by Crippen LogP contribution is 2.40. The van der Waals surface area contributed by atoms with Crippen LogP contribution in [-0.2, 0) is 10.0 Å². The van der Waals surface area contributed by atoms with Crippen LogP contribution in [0.25, 0.3) is 31.7 Å². The van der Waals surface area contributed by atoms with Gasteiger partial charge in [-0.05, 0) is 48.0 Å². The summed E-state index contributed by atoms with van der Waals surface area (Å²) in [5, 5.41) is 6.63. The zero-order valence-corrected chi connectivity index (χ0v) is 17.9. The molecule has 146 valence electrons. The van der Waals surface area contributed by atoms with Crippen LogP contribution in [-0.4, -0.2) is 8.42 Å². The standard InChI is InChI=1S/C21H13Cl2NO3S2/c22-13-7-10-17(23)16(11-13)19-20(25)15-3-1-2-4-18(15)28-21(19)12-5-8-14(9-6-12)29(24,26)27/h1-11H,(H2,24,26,27). The molecule has 4 rings (SSSR count). The van der Waals surface area contributed by atoms with Gasteiger partial charge in [0, 0.05) is 36.1 Å². The highest BCUT2D eigenvalue weighted by atomic mass is 35.5. The predicted molar refractivity (Wildman–Crippen MR) is 120 cm³/mol. The van der Waals surface area contributed by atoms with Crippen LogP contribution < -0.4 is 10.6 Å². The van der Waals surface area contributed by atoms with Gasteiger partial charge in [-0.1, -0.05) is 47.5 Å². The number of rotatable bonds is 3. The van der Waals surface area contributed by atoms with Crippen molar-refractivity contribution in [3.63, 3.8) is 0 Å². The predicted octanol–water partition coefficient (Wildman–Crippen LogP) is 5.55. The lowest BCUT2D eigenvalue weighted by Crippen LogP contribution is -2.11. The van der Waals surface area contributed by atoms with E-state index in [0.717, 1.165) is 4.70 Å². The first-order valence-corrected chi connectivity index (χ1v) is 11.5. The molecule has 0 aliphatic heterocycles. The summed E-state index contributed by atoms with van der Waals surface area (Å²) in [6.45, 7) is 0. The van der Waals surface area contributed by atoms with Crippen molar-refractivity contribution in [2.45, 2.75) is 4.90 Å². The third-order valence-corrected chi connectivity index (χ3v) is 7.15. The Morgan fingerprint density at radius 3 is 2.28 bits per heavy atom. The summed E-state index contributed by atoms with van der Waals surface area (Å²) in [6, 6.07) is 18.3. The van der Waals surface area contributed by atoms with E-state index in [0.29, 0.717) is 37.0 Å². The van der Waals surface area contributed by atoms with E-state index in [-0.39, 0.29) is 10.3 Å². The molecule has 0 radical (unpaired) electrons. The highest BCUT2D eigenvalue weighted by molar-refractivity contribution is 7.89. The SMILES string of the molecule is NS(=O)(=O)c1ccc(-c2sc3ccccc3c(=O)c2-c2cc(Cl)ccc2Cl)cc1. The summed E-state index contributed by atoms with van der Waals surface area (Å²) in [7, 11) is -3.82. The van der Waals surface area contributed by atoms with E-state index in [1.54, 1.807) is 42.5 Å². The Hall–Kier alpha value is -2.22. The number of fused-ring (bicyclic) bond motifs is 1. The first-order chi connectivity index (χ1) is 13.8. The van der Waals surface area contributed by atoms with Gasteiger partial charge in [-0.15, -0.1) is 11.3 Å². The zero-order valence-electron chi connectivity index (χ0n) is 14.7. The van der Waals surface area contributed by atoms with Crippen LogP contribution in [0.3, 0.4) is 0 Å². The van der Waals surface area contributed by atoms with E-state index in [2.05, 4.69) is 0 Å². The largest absolute Gasteiger partial charge is 0.288 e. The van der Waals surface area contributed by atoms with Crippen molar-refractivity contribution < 1.29 is 8.42 Å². The van der Waals surface area contributed by atoms with Crippen molar-refractivity contribution in [3.8, 4) is 21.6 Å². The van der Waals surface area contributed by atoms with Crippen LogP contribution in [0.5, 0.6) is 0 Å². The maximum atomic E-state index is 13.4. The summed E-state index contributed by atoms with van der Waals surface area (Å²) in [5.74, 6) is 0. The minimum absolute atomic E-state index is 0.00303. The van der Waals surface area contributed by atoms with Crippen molar-refractivity contribution in [1.29, 1.82) is 0 Å². The lowest BCUT2D eigenvalue weighted by atomic mass is 10.0. The number of sulfonamides is 1. The van der Waals surface area contributed by atoms with Crippen molar-refractivity contribution in [2.75, 3.05) is 0 Å². The van der Waals surface area contributed by atoms with Crippen LogP contribution in [0.1, 0.15) is 0 Å². The molecule has 0 saturated heterocycles. The van der Waals surface area contributed by atoms with Crippen LogP contribution in [0, 0.1) is 0 Å². The maximum absolute atomic E-state index is 13.4. The Kier molecular flexibility index (Phi) is 5.23. The molecule has 0 spiro atoms. The van der Waals surface area contributed by atoms with E-state index in [1.165, 1.54) is 23.5 Å². The molecule has 29 heavy (non-hydrogen) atoms. The molecule has 0 bridgehead atoms. The Morgan fingerprint density at radius 2 is 1.59 bits per heavy atom. The van der Waals surface area contributed by atoms with E-state index >= 15 is 0 Å². The minimum Gasteiger partial charge on any atom is -0.288 e. The average molecular weight is 462 g/mol. The van der Waals surface area contributed by atoms with Crippen molar-refractivity contribution >= 4 is 54.6 Å². The molecule has 0 saturated carbocycles. The van der Waals surface area contributed by atoms with Crippen LogP contribution in [0.15, 0.2) is 76.4 Å². The van der Waals surface area contributed by atoms with Crippen LogP contribution in [0.4, 0.5) is 0 Å². The molecule has 1 heterocycles. The Morgan fingerprint density at radius 1 is 0.897 bits per heavy atom. The van der Waals surface area contributed by atoms with Gasteiger partial charge in [0.15, 0.2) is 5.43 Å². The molecule has 0 unspecified atom stereocenters. The van der Waals surface area contributed by atoms with Gasteiger partial charge in [-0.3, -0.25) is 4.79 Å². The summed E-state index contributed by atoms with van der Waals surface area (Å²) >= 11 is 14.0. The molecule has 1 aromatic heterocycles. The quantitative estimate of drug-likeness (QED) is 0.434. The molecular weight excluding hydrogens is 449 g/mol. The summed E-state index contributed by atoms with van der Waals surface area (Å²) in [5.41, 5.74) is 1.45. The number of hydrogen-bond acceptors (Lipinski definition) is 4. The topological polar surface area (TPSA) is 77.2 Å². The van der Waals surface area contributed by atoms with Gasteiger partial charge in [0.2, 0.25) is 10.0 Å². The second-order valence-corrected chi connectivity index (χ2v) is 9.78. The Bertz CT molecular complexity index is 1410. The maximum Gasteiger partial charge on any atom is 0.238 e. The highest BCUT2D eigenvalue weighted by Gasteiger charge is 2.19. The molecule has 8 heteroatoms. The normalized spacial score (nSPS) is 11.7. The molecule has 0 aliphatic rings. The van der Waals surface area contributed by atoms with Gasteiger partial charge in [0.1, 0.15) is 0 Å². The number of halogens is 2. The summed E-state index contributed by atoms with van der Waals surface area (Å²) in [4.78, 5) is 14.1. The van der Waals surface area contributed by atoms with Gasteiger partial charge in [0.05, 0.1) is 4.90 Å². The number of benzene rings is 3. The van der Waals surface area contributed by atoms with Crippen LogP contribution >= 0.6 is 34.5 Å².